The lowest BCUT2D eigenvalue weighted by Crippen LogP contribution is -2.04. The van der Waals surface area contributed by atoms with Crippen LogP contribution in [-0.2, 0) is 13.2 Å². The van der Waals surface area contributed by atoms with E-state index in [0.29, 0.717) is 11.6 Å². The molecule has 0 saturated carbocycles. The zero-order valence-corrected chi connectivity index (χ0v) is 15.1. The highest BCUT2D eigenvalue weighted by atomic mass is 35.5. The predicted molar refractivity (Wildman–Crippen MR) is 102 cm³/mol. The van der Waals surface area contributed by atoms with Crippen molar-refractivity contribution in [3.05, 3.63) is 82.6 Å². The van der Waals surface area contributed by atoms with Gasteiger partial charge in [0.25, 0.3) is 0 Å². The molecule has 0 saturated heterocycles. The van der Waals surface area contributed by atoms with Crippen LogP contribution in [0.2, 0.25) is 5.02 Å². The van der Waals surface area contributed by atoms with Crippen molar-refractivity contribution in [2.24, 2.45) is 0 Å². The second-order valence-corrected chi connectivity index (χ2v) is 6.46. The number of fused-ring (bicyclic) bond motifs is 1. The number of benzene rings is 3. The van der Waals surface area contributed by atoms with E-state index in [4.69, 9.17) is 25.8 Å². The molecule has 0 radical (unpaired) electrons. The molecule has 0 atom stereocenters. The Kier molecular flexibility index (Phi) is 5.03. The van der Waals surface area contributed by atoms with Crippen LogP contribution in [0.25, 0.3) is 0 Å². The van der Waals surface area contributed by atoms with E-state index in [0.717, 1.165) is 34.1 Å². The highest BCUT2D eigenvalue weighted by Crippen LogP contribution is 2.34. The summed E-state index contributed by atoms with van der Waals surface area (Å²) in [7, 11) is 0. The van der Waals surface area contributed by atoms with Crippen molar-refractivity contribution in [2.45, 2.75) is 13.2 Å². The predicted octanol–water partition coefficient (Wildman–Crippen LogP) is 5.40. The summed E-state index contributed by atoms with van der Waals surface area (Å²) in [4.78, 5) is 0. The van der Waals surface area contributed by atoms with Crippen LogP contribution in [0.3, 0.4) is 0 Å². The summed E-state index contributed by atoms with van der Waals surface area (Å²) in [6.45, 7) is 1.09. The minimum Gasteiger partial charge on any atom is -0.488 e. The van der Waals surface area contributed by atoms with Crippen molar-refractivity contribution in [2.75, 3.05) is 12.1 Å². The van der Waals surface area contributed by atoms with Crippen molar-refractivity contribution in [1.29, 1.82) is 0 Å². The fraction of sp³-hybridized carbons (Fsp3) is 0.143. The first-order valence-electron chi connectivity index (χ1n) is 8.47. The number of ether oxygens (including phenoxy) is 3. The Hall–Kier alpha value is -2.92. The summed E-state index contributed by atoms with van der Waals surface area (Å²) in [5.74, 6) is 1.86. The quantitative estimate of drug-likeness (QED) is 0.616. The smallest absolute Gasteiger partial charge is 0.231 e. The van der Waals surface area contributed by atoms with Gasteiger partial charge in [-0.15, -0.1) is 0 Å². The Morgan fingerprint density at radius 2 is 1.81 bits per heavy atom. The molecule has 0 bridgehead atoms. The molecule has 6 heteroatoms. The first-order chi connectivity index (χ1) is 13.2. The molecule has 138 valence electrons. The SMILES string of the molecule is Fc1ccc(COc2ccccc2CNc2ccc3c(c2)OCO3)c(Cl)c1. The second kappa shape index (κ2) is 7.76. The molecule has 1 aliphatic rings. The minimum absolute atomic E-state index is 0.251. The number of anilines is 1. The monoisotopic (exact) mass is 385 g/mol. The third-order valence-corrected chi connectivity index (χ3v) is 4.58. The molecule has 0 spiro atoms. The van der Waals surface area contributed by atoms with Gasteiger partial charge >= 0.3 is 0 Å². The molecule has 0 fully saturated rings. The molecule has 3 aromatic carbocycles. The summed E-state index contributed by atoms with van der Waals surface area (Å²) >= 11 is 6.07. The van der Waals surface area contributed by atoms with Crippen molar-refractivity contribution in [1.82, 2.24) is 0 Å². The molecule has 0 aromatic heterocycles. The van der Waals surface area contributed by atoms with E-state index >= 15 is 0 Å². The highest BCUT2D eigenvalue weighted by Gasteiger charge is 2.13. The first-order valence-corrected chi connectivity index (χ1v) is 8.85. The number of hydrogen-bond acceptors (Lipinski definition) is 4. The maximum atomic E-state index is 13.2. The van der Waals surface area contributed by atoms with E-state index in [1.54, 1.807) is 6.07 Å². The average Bonchev–Trinajstić information content (AvgIpc) is 3.14. The zero-order valence-electron chi connectivity index (χ0n) is 14.4. The normalized spacial score (nSPS) is 12.1. The largest absolute Gasteiger partial charge is 0.488 e. The van der Waals surface area contributed by atoms with E-state index in [1.807, 2.05) is 42.5 Å². The van der Waals surface area contributed by atoms with Gasteiger partial charge in [0.1, 0.15) is 18.2 Å². The molecule has 0 aliphatic carbocycles. The van der Waals surface area contributed by atoms with Gasteiger partial charge in [-0.25, -0.2) is 4.39 Å². The van der Waals surface area contributed by atoms with E-state index in [9.17, 15) is 4.39 Å². The molecule has 1 heterocycles. The van der Waals surface area contributed by atoms with Gasteiger partial charge in [0.15, 0.2) is 11.5 Å². The lowest BCUT2D eigenvalue weighted by atomic mass is 10.2. The maximum Gasteiger partial charge on any atom is 0.231 e. The van der Waals surface area contributed by atoms with Crippen molar-refractivity contribution >= 4 is 17.3 Å². The summed E-state index contributed by atoms with van der Waals surface area (Å²) in [5, 5.41) is 3.71. The van der Waals surface area contributed by atoms with Crippen LogP contribution >= 0.6 is 11.6 Å². The van der Waals surface area contributed by atoms with Crippen LogP contribution in [0.4, 0.5) is 10.1 Å². The molecule has 0 unspecified atom stereocenters. The van der Waals surface area contributed by atoms with E-state index in [1.165, 1.54) is 12.1 Å². The van der Waals surface area contributed by atoms with Crippen LogP contribution in [0.5, 0.6) is 17.2 Å². The van der Waals surface area contributed by atoms with Gasteiger partial charge in [-0.05, 0) is 30.3 Å². The van der Waals surface area contributed by atoms with Gasteiger partial charge in [0.05, 0.1) is 5.02 Å². The van der Waals surface area contributed by atoms with Gasteiger partial charge in [-0.2, -0.15) is 0 Å². The van der Waals surface area contributed by atoms with Crippen molar-refractivity contribution in [3.63, 3.8) is 0 Å². The summed E-state index contributed by atoms with van der Waals surface area (Å²) in [5.41, 5.74) is 2.65. The molecule has 0 amide bonds. The minimum atomic E-state index is -0.364. The van der Waals surface area contributed by atoms with Crippen molar-refractivity contribution in [3.8, 4) is 17.2 Å². The molecule has 1 aliphatic heterocycles. The number of rotatable bonds is 6. The van der Waals surface area contributed by atoms with Gasteiger partial charge in [0.2, 0.25) is 6.79 Å². The van der Waals surface area contributed by atoms with E-state index in [-0.39, 0.29) is 19.2 Å². The van der Waals surface area contributed by atoms with Crippen LogP contribution in [0.15, 0.2) is 60.7 Å². The number of halogens is 2. The van der Waals surface area contributed by atoms with Crippen LogP contribution in [-0.4, -0.2) is 6.79 Å². The Balaban J connectivity index is 1.43. The first kappa shape index (κ1) is 17.5. The fourth-order valence-electron chi connectivity index (χ4n) is 2.79. The topological polar surface area (TPSA) is 39.7 Å². The third-order valence-electron chi connectivity index (χ3n) is 4.23. The lowest BCUT2D eigenvalue weighted by molar-refractivity contribution is 0.174. The molecular weight excluding hydrogens is 369 g/mol. The summed E-state index contributed by atoms with van der Waals surface area (Å²) in [6, 6.07) is 17.8. The number of nitrogens with one attached hydrogen (secondary N) is 1. The van der Waals surface area contributed by atoms with E-state index in [2.05, 4.69) is 5.32 Å². The van der Waals surface area contributed by atoms with Crippen LogP contribution in [0, 0.1) is 5.82 Å². The van der Waals surface area contributed by atoms with E-state index < -0.39 is 0 Å². The van der Waals surface area contributed by atoms with Crippen LogP contribution < -0.4 is 19.5 Å². The maximum absolute atomic E-state index is 13.2. The number of para-hydroxylation sites is 1. The standard InChI is InChI=1S/C21H17ClFNO3/c22-18-9-16(23)6-5-15(18)12-25-19-4-2-1-3-14(19)11-24-17-7-8-20-21(10-17)27-13-26-20/h1-10,24H,11-13H2. The average molecular weight is 386 g/mol. The molecule has 4 nitrogen and oxygen atoms in total. The van der Waals surface area contributed by atoms with Crippen molar-refractivity contribution < 1.29 is 18.6 Å². The molecule has 27 heavy (non-hydrogen) atoms. The van der Waals surface area contributed by atoms with Crippen LogP contribution in [0.1, 0.15) is 11.1 Å². The lowest BCUT2D eigenvalue weighted by Gasteiger charge is -2.14. The summed E-state index contributed by atoms with van der Waals surface area (Å²) < 4.78 is 29.8. The van der Waals surface area contributed by atoms with Gasteiger partial charge in [-0.1, -0.05) is 35.9 Å². The van der Waals surface area contributed by atoms with Gasteiger partial charge in [0, 0.05) is 29.4 Å². The molecule has 4 rings (SSSR count). The van der Waals surface area contributed by atoms with Gasteiger partial charge in [-0.3, -0.25) is 0 Å². The fourth-order valence-corrected chi connectivity index (χ4v) is 3.01. The third kappa shape index (κ3) is 4.09. The molecule has 3 aromatic rings. The molecular formula is C21H17ClFNO3. The Labute approximate surface area is 161 Å². The molecule has 1 N–H and O–H groups in total. The highest BCUT2D eigenvalue weighted by molar-refractivity contribution is 6.31. The Morgan fingerprint density at radius 3 is 2.70 bits per heavy atom. The second-order valence-electron chi connectivity index (χ2n) is 6.05. The summed E-state index contributed by atoms with van der Waals surface area (Å²) in [6.07, 6.45) is 0. The number of hydrogen-bond donors (Lipinski definition) is 1. The Morgan fingerprint density at radius 1 is 0.963 bits per heavy atom. The zero-order chi connectivity index (χ0) is 18.6. The van der Waals surface area contributed by atoms with Gasteiger partial charge < -0.3 is 19.5 Å². The Bertz CT molecular complexity index is 964.